The van der Waals surface area contributed by atoms with Crippen molar-refractivity contribution in [3.8, 4) is 0 Å². The van der Waals surface area contributed by atoms with Crippen LogP contribution in [-0.4, -0.2) is 18.5 Å². The monoisotopic (exact) mass is 218 g/mol. The minimum atomic E-state index is 0.0124. The van der Waals surface area contributed by atoms with Crippen molar-refractivity contribution in [2.75, 3.05) is 11.4 Å². The number of carbonyl (C=O) groups excluding carboxylic acids is 1. The van der Waals surface area contributed by atoms with Gasteiger partial charge >= 0.3 is 0 Å². The lowest BCUT2D eigenvalue weighted by atomic mass is 9.97. The van der Waals surface area contributed by atoms with Crippen LogP contribution in [0.4, 0.5) is 5.69 Å². The van der Waals surface area contributed by atoms with Gasteiger partial charge in [-0.25, -0.2) is 0 Å². The highest BCUT2D eigenvalue weighted by molar-refractivity contribution is 5.95. The van der Waals surface area contributed by atoms with Gasteiger partial charge in [-0.3, -0.25) is 4.79 Å². The average molecular weight is 218 g/mol. The Kier molecular flexibility index (Phi) is 2.97. The molecule has 0 saturated carbocycles. The average Bonchev–Trinajstić information content (AvgIpc) is 2.26. The summed E-state index contributed by atoms with van der Waals surface area (Å²) in [5.74, 6) is 0.168. The fourth-order valence-electron chi connectivity index (χ4n) is 2.15. The zero-order valence-corrected chi connectivity index (χ0v) is 9.81. The molecule has 0 radical (unpaired) electrons. The molecule has 2 N–H and O–H groups in total. The Bertz CT molecular complexity index is 401. The first-order valence-corrected chi connectivity index (χ1v) is 5.74. The molecule has 3 heteroatoms. The second kappa shape index (κ2) is 4.26. The highest BCUT2D eigenvalue weighted by Gasteiger charge is 2.27. The van der Waals surface area contributed by atoms with Crippen LogP contribution < -0.4 is 10.6 Å². The van der Waals surface area contributed by atoms with Crippen LogP contribution in [0.15, 0.2) is 24.3 Å². The normalized spacial score (nSPS) is 19.8. The van der Waals surface area contributed by atoms with Gasteiger partial charge in [0.15, 0.2) is 0 Å². The highest BCUT2D eigenvalue weighted by Crippen LogP contribution is 2.27. The Morgan fingerprint density at radius 3 is 2.81 bits per heavy atom. The smallest absolute Gasteiger partial charge is 0.229 e. The van der Waals surface area contributed by atoms with Crippen molar-refractivity contribution in [3.05, 3.63) is 29.8 Å². The zero-order chi connectivity index (χ0) is 11.7. The Balaban J connectivity index is 2.37. The van der Waals surface area contributed by atoms with Crippen molar-refractivity contribution >= 4 is 11.6 Å². The summed E-state index contributed by atoms with van der Waals surface area (Å²) in [4.78, 5) is 13.9. The molecule has 0 aliphatic carbocycles. The molecule has 0 spiro atoms. The Labute approximate surface area is 96.2 Å². The van der Waals surface area contributed by atoms with E-state index in [2.05, 4.69) is 6.07 Å². The number of para-hydroxylation sites is 1. The van der Waals surface area contributed by atoms with E-state index in [-0.39, 0.29) is 17.9 Å². The van der Waals surface area contributed by atoms with Gasteiger partial charge in [-0.15, -0.1) is 0 Å². The first-order chi connectivity index (χ1) is 7.59. The molecule has 1 aliphatic rings. The number of hydrogen-bond donors (Lipinski definition) is 1. The number of carbonyl (C=O) groups is 1. The molecule has 3 nitrogen and oxygen atoms in total. The predicted molar refractivity (Wildman–Crippen MR) is 65.3 cm³/mol. The number of hydrogen-bond acceptors (Lipinski definition) is 2. The zero-order valence-electron chi connectivity index (χ0n) is 9.81. The SMILES string of the molecule is CC(C)C(=O)N1CC(N)Cc2ccccc21. The summed E-state index contributed by atoms with van der Waals surface area (Å²) in [7, 11) is 0. The van der Waals surface area contributed by atoms with Gasteiger partial charge in [-0.05, 0) is 18.1 Å². The van der Waals surface area contributed by atoms with Gasteiger partial charge in [0.1, 0.15) is 0 Å². The summed E-state index contributed by atoms with van der Waals surface area (Å²) in [6, 6.07) is 8.07. The van der Waals surface area contributed by atoms with Crippen molar-refractivity contribution in [1.82, 2.24) is 0 Å². The van der Waals surface area contributed by atoms with E-state index in [0.29, 0.717) is 6.54 Å². The van der Waals surface area contributed by atoms with E-state index in [1.807, 2.05) is 36.9 Å². The standard InChI is InChI=1S/C13H18N2O/c1-9(2)13(16)15-8-11(14)7-10-5-3-4-6-12(10)15/h3-6,9,11H,7-8,14H2,1-2H3. The minimum absolute atomic E-state index is 0.0124. The number of nitrogens with zero attached hydrogens (tertiary/aromatic N) is 1. The van der Waals surface area contributed by atoms with E-state index in [9.17, 15) is 4.79 Å². The molecule has 0 fully saturated rings. The van der Waals surface area contributed by atoms with Gasteiger partial charge in [0.05, 0.1) is 0 Å². The van der Waals surface area contributed by atoms with Crippen LogP contribution in [0.1, 0.15) is 19.4 Å². The van der Waals surface area contributed by atoms with Gasteiger partial charge in [-0.2, -0.15) is 0 Å². The number of amides is 1. The maximum Gasteiger partial charge on any atom is 0.229 e. The molecular weight excluding hydrogens is 200 g/mol. The summed E-state index contributed by atoms with van der Waals surface area (Å²) < 4.78 is 0. The van der Waals surface area contributed by atoms with Gasteiger partial charge in [0.2, 0.25) is 5.91 Å². The third-order valence-electron chi connectivity index (χ3n) is 2.94. The molecule has 1 unspecified atom stereocenters. The highest BCUT2D eigenvalue weighted by atomic mass is 16.2. The number of nitrogens with two attached hydrogens (primary N) is 1. The summed E-state index contributed by atoms with van der Waals surface area (Å²) in [6.45, 7) is 4.48. The number of fused-ring (bicyclic) bond motifs is 1. The Morgan fingerprint density at radius 2 is 2.12 bits per heavy atom. The first kappa shape index (κ1) is 11.1. The van der Waals surface area contributed by atoms with E-state index in [1.54, 1.807) is 0 Å². The van der Waals surface area contributed by atoms with Crippen molar-refractivity contribution in [2.24, 2.45) is 11.7 Å². The third kappa shape index (κ3) is 1.95. The molecular formula is C13H18N2O. The van der Waals surface area contributed by atoms with Crippen molar-refractivity contribution in [3.63, 3.8) is 0 Å². The lowest BCUT2D eigenvalue weighted by molar-refractivity contribution is -0.121. The Morgan fingerprint density at radius 1 is 1.44 bits per heavy atom. The quantitative estimate of drug-likeness (QED) is 0.777. The molecule has 1 aromatic carbocycles. The molecule has 0 aromatic heterocycles. The second-order valence-corrected chi connectivity index (χ2v) is 4.70. The molecule has 1 heterocycles. The van der Waals surface area contributed by atoms with E-state index in [0.717, 1.165) is 12.1 Å². The molecule has 2 rings (SSSR count). The summed E-state index contributed by atoms with van der Waals surface area (Å²) in [6.07, 6.45) is 0.859. The molecule has 1 atom stereocenters. The van der Waals surface area contributed by atoms with Crippen LogP contribution in [0.25, 0.3) is 0 Å². The third-order valence-corrected chi connectivity index (χ3v) is 2.94. The van der Waals surface area contributed by atoms with Crippen molar-refractivity contribution in [2.45, 2.75) is 26.3 Å². The van der Waals surface area contributed by atoms with Crippen LogP contribution in [-0.2, 0) is 11.2 Å². The van der Waals surface area contributed by atoms with Crippen LogP contribution in [0.3, 0.4) is 0 Å². The summed E-state index contributed by atoms with van der Waals surface area (Å²) in [5.41, 5.74) is 8.19. The van der Waals surface area contributed by atoms with Crippen LogP contribution in [0, 0.1) is 5.92 Å². The fraction of sp³-hybridized carbons (Fsp3) is 0.462. The fourth-order valence-corrected chi connectivity index (χ4v) is 2.15. The van der Waals surface area contributed by atoms with Crippen LogP contribution in [0.5, 0.6) is 0 Å². The largest absolute Gasteiger partial charge is 0.326 e. The number of anilines is 1. The summed E-state index contributed by atoms with van der Waals surface area (Å²) in [5, 5.41) is 0. The van der Waals surface area contributed by atoms with E-state index in [4.69, 9.17) is 5.73 Å². The lowest BCUT2D eigenvalue weighted by Crippen LogP contribution is -2.47. The molecule has 0 saturated heterocycles. The van der Waals surface area contributed by atoms with Gasteiger partial charge < -0.3 is 10.6 Å². The summed E-state index contributed by atoms with van der Waals surface area (Å²) >= 11 is 0. The maximum atomic E-state index is 12.1. The second-order valence-electron chi connectivity index (χ2n) is 4.70. The van der Waals surface area contributed by atoms with E-state index in [1.165, 1.54) is 5.56 Å². The van der Waals surface area contributed by atoms with Crippen molar-refractivity contribution in [1.29, 1.82) is 0 Å². The minimum Gasteiger partial charge on any atom is -0.326 e. The predicted octanol–water partition coefficient (Wildman–Crippen LogP) is 1.56. The van der Waals surface area contributed by atoms with Crippen LogP contribution >= 0.6 is 0 Å². The van der Waals surface area contributed by atoms with Crippen LogP contribution in [0.2, 0.25) is 0 Å². The molecule has 1 aliphatic heterocycles. The van der Waals surface area contributed by atoms with E-state index < -0.39 is 0 Å². The number of rotatable bonds is 1. The number of benzene rings is 1. The molecule has 1 amide bonds. The van der Waals surface area contributed by atoms with Gasteiger partial charge in [0, 0.05) is 24.2 Å². The molecule has 16 heavy (non-hydrogen) atoms. The molecule has 86 valence electrons. The van der Waals surface area contributed by atoms with Crippen molar-refractivity contribution < 1.29 is 4.79 Å². The molecule has 1 aromatic rings. The van der Waals surface area contributed by atoms with Gasteiger partial charge in [-0.1, -0.05) is 32.0 Å². The van der Waals surface area contributed by atoms with Gasteiger partial charge in [0.25, 0.3) is 0 Å². The lowest BCUT2D eigenvalue weighted by Gasteiger charge is -2.34. The topological polar surface area (TPSA) is 46.3 Å². The Hall–Kier alpha value is -1.35. The van der Waals surface area contributed by atoms with E-state index >= 15 is 0 Å². The first-order valence-electron chi connectivity index (χ1n) is 5.74. The molecule has 0 bridgehead atoms. The maximum absolute atomic E-state index is 12.1.